The molecule has 1 heterocycles. The molecule has 0 unspecified atom stereocenters. The van der Waals surface area contributed by atoms with Gasteiger partial charge in [0, 0.05) is 25.0 Å². The van der Waals surface area contributed by atoms with Crippen LogP contribution in [0.15, 0.2) is 42.6 Å². The smallest absolute Gasteiger partial charge is 0.259 e. The topological polar surface area (TPSA) is 62.7 Å². The molecule has 0 saturated carbocycles. The maximum Gasteiger partial charge on any atom is 0.259 e. The van der Waals surface area contributed by atoms with E-state index < -0.39 is 0 Å². The first-order chi connectivity index (χ1) is 9.11. The van der Waals surface area contributed by atoms with E-state index in [1.807, 2.05) is 0 Å². The van der Waals surface area contributed by atoms with Crippen molar-refractivity contribution in [2.45, 2.75) is 0 Å². The van der Waals surface area contributed by atoms with Gasteiger partial charge in [0.2, 0.25) is 5.88 Å². The molecule has 19 heavy (non-hydrogen) atoms. The number of ether oxygens (including phenoxy) is 1. The van der Waals surface area contributed by atoms with Crippen LogP contribution in [-0.2, 0) is 0 Å². The van der Waals surface area contributed by atoms with Gasteiger partial charge >= 0.3 is 0 Å². The van der Waals surface area contributed by atoms with E-state index in [0.29, 0.717) is 17.1 Å². The van der Waals surface area contributed by atoms with E-state index in [2.05, 4.69) is 4.98 Å². The van der Waals surface area contributed by atoms with Crippen molar-refractivity contribution in [3.8, 4) is 11.6 Å². The van der Waals surface area contributed by atoms with Crippen LogP contribution in [0.25, 0.3) is 0 Å². The first kappa shape index (κ1) is 12.9. The second-order valence-electron chi connectivity index (χ2n) is 3.97. The minimum Gasteiger partial charge on any atom is -0.508 e. The molecule has 1 aromatic heterocycles. The normalized spacial score (nSPS) is 10.0. The Kier molecular flexibility index (Phi) is 3.66. The van der Waals surface area contributed by atoms with Crippen molar-refractivity contribution in [1.82, 2.24) is 4.98 Å². The van der Waals surface area contributed by atoms with Crippen LogP contribution in [0.4, 0.5) is 5.69 Å². The van der Waals surface area contributed by atoms with E-state index in [0.717, 1.165) is 0 Å². The molecule has 1 amide bonds. The number of carbonyl (C=O) groups is 1. The van der Waals surface area contributed by atoms with Crippen molar-refractivity contribution in [3.05, 3.63) is 48.2 Å². The molecule has 0 spiro atoms. The molecular formula is C14H14N2O3. The molecule has 0 aliphatic heterocycles. The summed E-state index contributed by atoms with van der Waals surface area (Å²) in [5.74, 6) is 0.445. The number of aromatic hydroxyl groups is 1. The number of methoxy groups -OCH3 is 1. The summed E-state index contributed by atoms with van der Waals surface area (Å²) < 4.78 is 4.94. The number of anilines is 1. The maximum atomic E-state index is 12.2. The molecule has 0 radical (unpaired) electrons. The molecule has 0 fully saturated rings. The highest BCUT2D eigenvalue weighted by molar-refractivity contribution is 6.05. The largest absolute Gasteiger partial charge is 0.508 e. The fourth-order valence-electron chi connectivity index (χ4n) is 1.61. The van der Waals surface area contributed by atoms with E-state index in [-0.39, 0.29) is 11.7 Å². The number of phenols is 1. The van der Waals surface area contributed by atoms with Crippen molar-refractivity contribution in [2.24, 2.45) is 0 Å². The molecule has 98 valence electrons. The molecule has 1 aromatic carbocycles. The molecule has 5 nitrogen and oxygen atoms in total. The van der Waals surface area contributed by atoms with Crippen molar-refractivity contribution < 1.29 is 14.6 Å². The van der Waals surface area contributed by atoms with Gasteiger partial charge in [-0.05, 0) is 30.3 Å². The number of hydrogen-bond acceptors (Lipinski definition) is 4. The van der Waals surface area contributed by atoms with Crippen LogP contribution in [-0.4, -0.2) is 30.2 Å². The molecule has 5 heteroatoms. The quantitative estimate of drug-likeness (QED) is 0.915. The first-order valence-electron chi connectivity index (χ1n) is 5.69. The molecule has 1 N–H and O–H groups in total. The number of hydrogen-bond donors (Lipinski definition) is 1. The Balaban J connectivity index is 2.20. The Bertz CT molecular complexity index is 564. The first-order valence-corrected chi connectivity index (χ1v) is 5.69. The fraction of sp³-hybridized carbons (Fsp3) is 0.143. The van der Waals surface area contributed by atoms with Gasteiger partial charge in [0.1, 0.15) is 5.75 Å². The fourth-order valence-corrected chi connectivity index (χ4v) is 1.61. The van der Waals surface area contributed by atoms with Crippen molar-refractivity contribution in [2.75, 3.05) is 19.1 Å². The van der Waals surface area contributed by atoms with Gasteiger partial charge in [-0.25, -0.2) is 4.98 Å². The van der Waals surface area contributed by atoms with Gasteiger partial charge in [0.05, 0.1) is 12.7 Å². The lowest BCUT2D eigenvalue weighted by molar-refractivity contribution is 0.0992. The van der Waals surface area contributed by atoms with Crippen LogP contribution >= 0.6 is 0 Å². The van der Waals surface area contributed by atoms with Crippen LogP contribution < -0.4 is 9.64 Å². The monoisotopic (exact) mass is 258 g/mol. The van der Waals surface area contributed by atoms with Gasteiger partial charge in [-0.15, -0.1) is 0 Å². The Labute approximate surface area is 111 Å². The number of amides is 1. The Hall–Kier alpha value is -2.56. The van der Waals surface area contributed by atoms with E-state index in [1.165, 1.54) is 30.3 Å². The van der Waals surface area contributed by atoms with Crippen molar-refractivity contribution in [3.63, 3.8) is 0 Å². The lowest BCUT2D eigenvalue weighted by Gasteiger charge is -2.17. The maximum absolute atomic E-state index is 12.2. The summed E-state index contributed by atoms with van der Waals surface area (Å²) in [5.41, 5.74) is 1.16. The molecule has 0 aliphatic rings. The van der Waals surface area contributed by atoms with E-state index >= 15 is 0 Å². The summed E-state index contributed by atoms with van der Waals surface area (Å²) in [5, 5.41) is 9.22. The van der Waals surface area contributed by atoms with Gasteiger partial charge in [-0.1, -0.05) is 0 Å². The van der Waals surface area contributed by atoms with Crippen LogP contribution in [0.5, 0.6) is 11.6 Å². The Morgan fingerprint density at radius 1 is 1.21 bits per heavy atom. The zero-order valence-corrected chi connectivity index (χ0v) is 10.7. The standard InChI is InChI=1S/C14H14N2O3/c1-16(11-4-6-12(17)7-5-11)14(18)10-3-8-13(19-2)15-9-10/h3-9,17H,1-2H3. The predicted octanol–water partition coefficient (Wildman–Crippen LogP) is 2.07. The SMILES string of the molecule is COc1ccc(C(=O)N(C)c2ccc(O)cc2)cn1. The minimum absolute atomic E-state index is 0.163. The second kappa shape index (κ2) is 5.39. The summed E-state index contributed by atoms with van der Waals surface area (Å²) in [7, 11) is 3.19. The van der Waals surface area contributed by atoms with Gasteiger partial charge in [0.15, 0.2) is 0 Å². The Morgan fingerprint density at radius 3 is 2.42 bits per heavy atom. The summed E-state index contributed by atoms with van der Waals surface area (Å²) in [6.45, 7) is 0. The Morgan fingerprint density at radius 2 is 1.89 bits per heavy atom. The second-order valence-corrected chi connectivity index (χ2v) is 3.97. The zero-order valence-electron chi connectivity index (χ0n) is 10.7. The molecule has 2 rings (SSSR count). The van der Waals surface area contributed by atoms with E-state index in [1.54, 1.807) is 31.3 Å². The van der Waals surface area contributed by atoms with Gasteiger partial charge < -0.3 is 14.7 Å². The highest BCUT2D eigenvalue weighted by atomic mass is 16.5. The molecule has 2 aromatic rings. The highest BCUT2D eigenvalue weighted by Gasteiger charge is 2.13. The number of phenolic OH excluding ortho intramolecular Hbond substituents is 1. The molecular weight excluding hydrogens is 244 g/mol. The summed E-state index contributed by atoms with van der Waals surface area (Å²) in [6.07, 6.45) is 1.47. The number of pyridine rings is 1. The average Bonchev–Trinajstić information content (AvgIpc) is 2.46. The third kappa shape index (κ3) is 2.82. The molecule has 0 bridgehead atoms. The number of aromatic nitrogens is 1. The van der Waals surface area contributed by atoms with Gasteiger partial charge in [-0.3, -0.25) is 4.79 Å². The van der Waals surface area contributed by atoms with Gasteiger partial charge in [-0.2, -0.15) is 0 Å². The van der Waals surface area contributed by atoms with E-state index in [4.69, 9.17) is 4.74 Å². The zero-order chi connectivity index (χ0) is 13.8. The lowest BCUT2D eigenvalue weighted by Crippen LogP contribution is -2.26. The van der Waals surface area contributed by atoms with Crippen molar-refractivity contribution in [1.29, 1.82) is 0 Å². The predicted molar refractivity (Wildman–Crippen MR) is 71.6 cm³/mol. The minimum atomic E-state index is -0.180. The van der Waals surface area contributed by atoms with Crippen molar-refractivity contribution >= 4 is 11.6 Å². The number of rotatable bonds is 3. The average molecular weight is 258 g/mol. The number of nitrogens with zero attached hydrogens (tertiary/aromatic N) is 2. The highest BCUT2D eigenvalue weighted by Crippen LogP contribution is 2.19. The van der Waals surface area contributed by atoms with Crippen LogP contribution in [0.2, 0.25) is 0 Å². The number of benzene rings is 1. The van der Waals surface area contributed by atoms with Gasteiger partial charge in [0.25, 0.3) is 5.91 Å². The molecule has 0 aliphatic carbocycles. The lowest BCUT2D eigenvalue weighted by atomic mass is 10.2. The molecule has 0 saturated heterocycles. The van der Waals surface area contributed by atoms with Crippen LogP contribution in [0.3, 0.4) is 0 Å². The molecule has 0 atom stereocenters. The summed E-state index contributed by atoms with van der Waals surface area (Å²) in [4.78, 5) is 17.7. The summed E-state index contributed by atoms with van der Waals surface area (Å²) >= 11 is 0. The van der Waals surface area contributed by atoms with Crippen LogP contribution in [0.1, 0.15) is 10.4 Å². The third-order valence-electron chi connectivity index (χ3n) is 2.73. The van der Waals surface area contributed by atoms with E-state index in [9.17, 15) is 9.90 Å². The third-order valence-corrected chi connectivity index (χ3v) is 2.73. The number of carbonyl (C=O) groups excluding carboxylic acids is 1. The summed E-state index contributed by atoms with van der Waals surface area (Å²) in [6, 6.07) is 9.70. The van der Waals surface area contributed by atoms with Crippen LogP contribution in [0, 0.1) is 0 Å².